The molecule has 9 heteroatoms. The lowest BCUT2D eigenvalue weighted by Crippen LogP contribution is -2.48. The number of ether oxygens (including phenoxy) is 1. The minimum Gasteiger partial charge on any atom is -0.462 e. The largest absolute Gasteiger partial charge is 0.462 e. The summed E-state index contributed by atoms with van der Waals surface area (Å²) >= 11 is 0. The van der Waals surface area contributed by atoms with Gasteiger partial charge in [-0.2, -0.15) is 0 Å². The highest BCUT2D eigenvalue weighted by molar-refractivity contribution is 5.98. The molecule has 1 heterocycles. The van der Waals surface area contributed by atoms with Crippen molar-refractivity contribution in [1.29, 1.82) is 0 Å². The van der Waals surface area contributed by atoms with Crippen molar-refractivity contribution in [2.45, 2.75) is 6.92 Å². The Balaban J connectivity index is 2.52. The number of esters is 1. The van der Waals surface area contributed by atoms with Crippen LogP contribution >= 0.6 is 0 Å². The standard InChI is InChI=1S/C13H14FN3O5/c1-2-22-13(19)9-5-8(17(20)21)6-10(14)12(9)16-4-3-15-11(18)7-16/h5-6H,2-4,7H2,1H3,(H,15,18). The topological polar surface area (TPSA) is 102 Å². The summed E-state index contributed by atoms with van der Waals surface area (Å²) < 4.78 is 19.1. The molecule has 0 aliphatic carbocycles. The molecule has 0 unspecified atom stereocenters. The first-order chi connectivity index (χ1) is 10.4. The minimum absolute atomic E-state index is 0.0447. The second-order valence-electron chi connectivity index (χ2n) is 4.57. The molecule has 1 aromatic carbocycles. The van der Waals surface area contributed by atoms with E-state index >= 15 is 0 Å². The Hall–Kier alpha value is -2.71. The van der Waals surface area contributed by atoms with Crippen molar-refractivity contribution in [2.24, 2.45) is 0 Å². The first kappa shape index (κ1) is 15.7. The highest BCUT2D eigenvalue weighted by Gasteiger charge is 2.28. The van der Waals surface area contributed by atoms with Crippen molar-refractivity contribution in [1.82, 2.24) is 5.32 Å². The van der Waals surface area contributed by atoms with Crippen molar-refractivity contribution in [3.8, 4) is 0 Å². The van der Waals surface area contributed by atoms with Crippen molar-refractivity contribution >= 4 is 23.3 Å². The molecule has 1 fully saturated rings. The van der Waals surface area contributed by atoms with E-state index < -0.39 is 22.4 Å². The third-order valence-electron chi connectivity index (χ3n) is 3.11. The highest BCUT2D eigenvalue weighted by atomic mass is 19.1. The van der Waals surface area contributed by atoms with Gasteiger partial charge in [-0.3, -0.25) is 14.9 Å². The molecule has 8 nitrogen and oxygen atoms in total. The summed E-state index contributed by atoms with van der Waals surface area (Å²) in [5.41, 5.74) is -0.965. The quantitative estimate of drug-likeness (QED) is 0.502. The van der Waals surface area contributed by atoms with Gasteiger partial charge in [0.05, 0.1) is 35.4 Å². The number of amides is 1. The van der Waals surface area contributed by atoms with E-state index in [1.807, 2.05) is 0 Å². The zero-order valence-corrected chi connectivity index (χ0v) is 11.8. The number of nitro benzene ring substituents is 1. The second kappa shape index (κ2) is 6.37. The van der Waals surface area contributed by atoms with E-state index in [0.29, 0.717) is 0 Å². The fourth-order valence-corrected chi connectivity index (χ4v) is 2.21. The molecule has 0 spiro atoms. The first-order valence-electron chi connectivity index (χ1n) is 6.60. The van der Waals surface area contributed by atoms with Gasteiger partial charge >= 0.3 is 5.97 Å². The first-order valence-corrected chi connectivity index (χ1v) is 6.60. The molecule has 1 N–H and O–H groups in total. The number of benzene rings is 1. The number of carbonyl (C=O) groups excluding carboxylic acids is 2. The highest BCUT2D eigenvalue weighted by Crippen LogP contribution is 2.30. The van der Waals surface area contributed by atoms with Gasteiger partial charge in [-0.15, -0.1) is 0 Å². The molecule has 22 heavy (non-hydrogen) atoms. The number of nitrogens with one attached hydrogen (secondary N) is 1. The van der Waals surface area contributed by atoms with Crippen LogP contribution in [0.5, 0.6) is 0 Å². The number of hydrogen-bond acceptors (Lipinski definition) is 6. The van der Waals surface area contributed by atoms with E-state index in [2.05, 4.69) is 5.32 Å². The van der Waals surface area contributed by atoms with Gasteiger partial charge in [0.1, 0.15) is 0 Å². The molecule has 0 aromatic heterocycles. The molecular weight excluding hydrogens is 297 g/mol. The molecule has 0 saturated carbocycles. The van der Waals surface area contributed by atoms with Gasteiger partial charge in [-0.25, -0.2) is 9.18 Å². The third-order valence-corrected chi connectivity index (χ3v) is 3.11. The number of non-ortho nitro benzene ring substituents is 1. The average Bonchev–Trinajstić information content (AvgIpc) is 2.46. The number of nitrogens with zero attached hydrogens (tertiary/aromatic N) is 2. The monoisotopic (exact) mass is 311 g/mol. The van der Waals surface area contributed by atoms with Gasteiger partial charge in [-0.1, -0.05) is 0 Å². The fraction of sp³-hybridized carbons (Fsp3) is 0.385. The zero-order valence-electron chi connectivity index (χ0n) is 11.8. The normalized spacial score (nSPS) is 14.5. The van der Waals surface area contributed by atoms with Crippen LogP contribution in [0, 0.1) is 15.9 Å². The SMILES string of the molecule is CCOC(=O)c1cc([N+](=O)[O-])cc(F)c1N1CCNC(=O)C1. The van der Waals surface area contributed by atoms with Crippen LogP contribution in [-0.4, -0.2) is 43.0 Å². The Morgan fingerprint density at radius 1 is 1.55 bits per heavy atom. The molecule has 118 valence electrons. The van der Waals surface area contributed by atoms with Crippen molar-refractivity contribution in [3.63, 3.8) is 0 Å². The van der Waals surface area contributed by atoms with E-state index in [-0.39, 0.29) is 43.4 Å². The summed E-state index contributed by atoms with van der Waals surface area (Å²) in [6.45, 7) is 2.05. The van der Waals surface area contributed by atoms with Crippen LogP contribution in [0.1, 0.15) is 17.3 Å². The number of hydrogen-bond donors (Lipinski definition) is 1. The van der Waals surface area contributed by atoms with Crippen LogP contribution in [-0.2, 0) is 9.53 Å². The summed E-state index contributed by atoms with van der Waals surface area (Å²) in [6.07, 6.45) is 0. The van der Waals surface area contributed by atoms with Crippen molar-refractivity contribution < 1.29 is 23.6 Å². The number of anilines is 1. The predicted octanol–water partition coefficient (Wildman–Crippen LogP) is 0.847. The molecule has 0 atom stereocenters. The predicted molar refractivity (Wildman–Crippen MR) is 74.2 cm³/mol. The molecule has 1 amide bonds. The number of nitro groups is 1. The molecule has 1 aromatic rings. The van der Waals surface area contributed by atoms with Crippen LogP contribution in [0.15, 0.2) is 12.1 Å². The van der Waals surface area contributed by atoms with Crippen LogP contribution < -0.4 is 10.2 Å². The maximum Gasteiger partial charge on any atom is 0.340 e. The Labute approximate surface area is 125 Å². The van der Waals surface area contributed by atoms with Gasteiger partial charge in [-0.05, 0) is 6.92 Å². The maximum atomic E-state index is 14.3. The fourth-order valence-electron chi connectivity index (χ4n) is 2.21. The summed E-state index contributed by atoms with van der Waals surface area (Å²) in [7, 11) is 0. The number of halogens is 1. The van der Waals surface area contributed by atoms with E-state index in [1.165, 1.54) is 4.90 Å². The molecule has 0 radical (unpaired) electrons. The van der Waals surface area contributed by atoms with Crippen LogP contribution in [0.3, 0.4) is 0 Å². The molecule has 1 saturated heterocycles. The molecule has 1 aliphatic heterocycles. The minimum atomic E-state index is -0.938. The van der Waals surface area contributed by atoms with Crippen LogP contribution in [0.2, 0.25) is 0 Å². The van der Waals surface area contributed by atoms with Gasteiger partial charge in [0.25, 0.3) is 5.69 Å². The summed E-state index contributed by atoms with van der Waals surface area (Å²) in [5, 5.41) is 13.4. The van der Waals surface area contributed by atoms with E-state index in [0.717, 1.165) is 12.1 Å². The van der Waals surface area contributed by atoms with Crippen molar-refractivity contribution in [3.05, 3.63) is 33.6 Å². The van der Waals surface area contributed by atoms with Gasteiger partial charge in [0.15, 0.2) is 5.82 Å². The summed E-state index contributed by atoms with van der Waals surface area (Å²) in [6, 6.07) is 1.69. The van der Waals surface area contributed by atoms with E-state index in [4.69, 9.17) is 4.74 Å². The summed E-state index contributed by atoms with van der Waals surface area (Å²) in [4.78, 5) is 34.8. The summed E-state index contributed by atoms with van der Waals surface area (Å²) in [5.74, 6) is -2.13. The van der Waals surface area contributed by atoms with Gasteiger partial charge < -0.3 is 15.0 Å². The van der Waals surface area contributed by atoms with Crippen LogP contribution in [0.25, 0.3) is 0 Å². The molecular formula is C13H14FN3O5. The Morgan fingerprint density at radius 2 is 2.27 bits per heavy atom. The Bertz CT molecular complexity index is 634. The zero-order chi connectivity index (χ0) is 16.3. The van der Waals surface area contributed by atoms with Gasteiger partial charge in [0, 0.05) is 19.2 Å². The molecule has 1 aliphatic rings. The lowest BCUT2D eigenvalue weighted by Gasteiger charge is -2.30. The maximum absolute atomic E-state index is 14.3. The average molecular weight is 311 g/mol. The smallest absolute Gasteiger partial charge is 0.340 e. The van der Waals surface area contributed by atoms with Crippen molar-refractivity contribution in [2.75, 3.05) is 31.1 Å². The number of piperazine rings is 1. The number of carbonyl (C=O) groups is 2. The molecule has 2 rings (SSSR count). The third kappa shape index (κ3) is 3.13. The number of rotatable bonds is 4. The lowest BCUT2D eigenvalue weighted by molar-refractivity contribution is -0.385. The Kier molecular flexibility index (Phi) is 4.54. The Morgan fingerprint density at radius 3 is 2.86 bits per heavy atom. The molecule has 0 bridgehead atoms. The van der Waals surface area contributed by atoms with Crippen LogP contribution in [0.4, 0.5) is 15.8 Å². The lowest BCUT2D eigenvalue weighted by atomic mass is 10.1. The van der Waals surface area contributed by atoms with E-state index in [1.54, 1.807) is 6.92 Å². The van der Waals surface area contributed by atoms with E-state index in [9.17, 15) is 24.1 Å². The van der Waals surface area contributed by atoms with Gasteiger partial charge in [0.2, 0.25) is 5.91 Å². The second-order valence-corrected chi connectivity index (χ2v) is 4.57.